The van der Waals surface area contributed by atoms with Gasteiger partial charge in [-0.3, -0.25) is 0 Å². The Morgan fingerprint density at radius 2 is 2.00 bits per heavy atom. The molecule has 3 nitrogen and oxygen atoms in total. The van der Waals surface area contributed by atoms with Crippen molar-refractivity contribution in [1.29, 1.82) is 0 Å². The van der Waals surface area contributed by atoms with Crippen molar-refractivity contribution in [3.63, 3.8) is 0 Å². The molecule has 0 bridgehead atoms. The number of benzene rings is 1. The van der Waals surface area contributed by atoms with Gasteiger partial charge in [0.1, 0.15) is 0 Å². The van der Waals surface area contributed by atoms with Crippen LogP contribution in [0.3, 0.4) is 0 Å². The van der Waals surface area contributed by atoms with Crippen LogP contribution in [0.1, 0.15) is 36.5 Å². The summed E-state index contributed by atoms with van der Waals surface area (Å²) in [6, 6.07) is 6.93. The van der Waals surface area contributed by atoms with Crippen LogP contribution in [-0.2, 0) is 0 Å². The first-order valence-electron chi connectivity index (χ1n) is 5.72. The molecule has 0 atom stereocenters. The molecule has 86 valence electrons. The Bertz CT molecular complexity index is 379. The fourth-order valence-electron chi connectivity index (χ4n) is 1.85. The second-order valence-corrected chi connectivity index (χ2v) is 4.59. The maximum absolute atomic E-state index is 10.7. The van der Waals surface area contributed by atoms with Gasteiger partial charge in [-0.05, 0) is 48.9 Å². The minimum absolute atomic E-state index is 0.335. The highest BCUT2D eigenvalue weighted by molar-refractivity contribution is 5.87. The summed E-state index contributed by atoms with van der Waals surface area (Å²) >= 11 is 0. The van der Waals surface area contributed by atoms with Crippen molar-refractivity contribution >= 4 is 11.7 Å². The number of anilines is 1. The standard InChI is InChI=1S/C13H17NO2/c1-2-13(7-8-13)9-14-11-5-3-10(4-6-11)12(15)16/h3-6,14H,2,7-9H2,1H3,(H,15,16). The van der Waals surface area contributed by atoms with Gasteiger partial charge in [-0.1, -0.05) is 6.92 Å². The summed E-state index contributed by atoms with van der Waals surface area (Å²) in [6.45, 7) is 3.22. The van der Waals surface area contributed by atoms with Gasteiger partial charge in [0.2, 0.25) is 0 Å². The zero-order valence-corrected chi connectivity index (χ0v) is 9.49. The Hall–Kier alpha value is -1.51. The van der Waals surface area contributed by atoms with Crippen molar-refractivity contribution in [2.75, 3.05) is 11.9 Å². The molecule has 1 saturated carbocycles. The zero-order valence-electron chi connectivity index (χ0n) is 9.49. The lowest BCUT2D eigenvalue weighted by Crippen LogP contribution is -2.14. The molecule has 0 aliphatic heterocycles. The lowest BCUT2D eigenvalue weighted by atomic mass is 10.0. The minimum atomic E-state index is -0.876. The molecule has 16 heavy (non-hydrogen) atoms. The van der Waals surface area contributed by atoms with E-state index in [0.29, 0.717) is 11.0 Å². The number of nitrogens with one attached hydrogen (secondary N) is 1. The molecule has 0 saturated heterocycles. The summed E-state index contributed by atoms with van der Waals surface area (Å²) in [5, 5.41) is 12.1. The Labute approximate surface area is 95.5 Å². The molecule has 1 aliphatic carbocycles. The van der Waals surface area contributed by atoms with Gasteiger partial charge >= 0.3 is 5.97 Å². The lowest BCUT2D eigenvalue weighted by Gasteiger charge is -2.14. The number of hydrogen-bond acceptors (Lipinski definition) is 2. The number of rotatable bonds is 5. The molecule has 1 fully saturated rings. The second kappa shape index (κ2) is 4.16. The fourth-order valence-corrected chi connectivity index (χ4v) is 1.85. The minimum Gasteiger partial charge on any atom is -0.478 e. The van der Waals surface area contributed by atoms with E-state index in [9.17, 15) is 4.79 Å². The first kappa shape index (κ1) is 11.0. The SMILES string of the molecule is CCC1(CNc2ccc(C(=O)O)cc2)CC1. The van der Waals surface area contributed by atoms with Crippen molar-refractivity contribution in [2.45, 2.75) is 26.2 Å². The summed E-state index contributed by atoms with van der Waals surface area (Å²) in [4.78, 5) is 10.7. The number of carbonyl (C=O) groups is 1. The monoisotopic (exact) mass is 219 g/mol. The summed E-state index contributed by atoms with van der Waals surface area (Å²) in [5.41, 5.74) is 1.85. The van der Waals surface area contributed by atoms with Crippen LogP contribution in [0.25, 0.3) is 0 Å². The molecule has 1 aliphatic rings. The maximum atomic E-state index is 10.7. The van der Waals surface area contributed by atoms with Gasteiger partial charge in [-0.2, -0.15) is 0 Å². The van der Waals surface area contributed by atoms with Gasteiger partial charge in [0.25, 0.3) is 0 Å². The van der Waals surface area contributed by atoms with E-state index in [1.54, 1.807) is 12.1 Å². The third-order valence-corrected chi connectivity index (χ3v) is 3.51. The van der Waals surface area contributed by atoms with Crippen LogP contribution in [0.5, 0.6) is 0 Å². The van der Waals surface area contributed by atoms with Gasteiger partial charge in [0.15, 0.2) is 0 Å². The molecule has 3 heteroatoms. The molecule has 0 amide bonds. The predicted molar refractivity (Wildman–Crippen MR) is 63.8 cm³/mol. The molecule has 0 unspecified atom stereocenters. The largest absolute Gasteiger partial charge is 0.478 e. The van der Waals surface area contributed by atoms with Gasteiger partial charge in [0.05, 0.1) is 5.56 Å². The number of carboxylic acid groups (broad SMARTS) is 1. The molecule has 0 spiro atoms. The predicted octanol–water partition coefficient (Wildman–Crippen LogP) is 2.99. The van der Waals surface area contributed by atoms with E-state index in [1.807, 2.05) is 12.1 Å². The third kappa shape index (κ3) is 2.35. The quantitative estimate of drug-likeness (QED) is 0.800. The summed E-state index contributed by atoms with van der Waals surface area (Å²) in [5.74, 6) is -0.876. The lowest BCUT2D eigenvalue weighted by molar-refractivity contribution is 0.0697. The van der Waals surface area contributed by atoms with Gasteiger partial charge in [-0.15, -0.1) is 0 Å². The average Bonchev–Trinajstić information content (AvgIpc) is 3.08. The number of carboxylic acids is 1. The van der Waals surface area contributed by atoms with E-state index in [0.717, 1.165) is 12.2 Å². The van der Waals surface area contributed by atoms with E-state index in [4.69, 9.17) is 5.11 Å². The zero-order chi connectivity index (χ0) is 11.6. The van der Waals surface area contributed by atoms with E-state index in [-0.39, 0.29) is 0 Å². The third-order valence-electron chi connectivity index (χ3n) is 3.51. The topological polar surface area (TPSA) is 49.3 Å². The van der Waals surface area contributed by atoms with Crippen molar-refractivity contribution in [3.05, 3.63) is 29.8 Å². The fraction of sp³-hybridized carbons (Fsp3) is 0.462. The molecular weight excluding hydrogens is 202 g/mol. The smallest absolute Gasteiger partial charge is 0.335 e. The van der Waals surface area contributed by atoms with Crippen LogP contribution in [0.2, 0.25) is 0 Å². The van der Waals surface area contributed by atoms with Gasteiger partial charge in [0, 0.05) is 12.2 Å². The van der Waals surface area contributed by atoms with Crippen LogP contribution in [0.4, 0.5) is 5.69 Å². The maximum Gasteiger partial charge on any atom is 0.335 e. The first-order chi connectivity index (χ1) is 7.65. The first-order valence-corrected chi connectivity index (χ1v) is 5.72. The molecule has 0 aromatic heterocycles. The van der Waals surface area contributed by atoms with E-state index >= 15 is 0 Å². The highest BCUT2D eigenvalue weighted by Gasteiger charge is 2.40. The summed E-state index contributed by atoms with van der Waals surface area (Å²) < 4.78 is 0. The summed E-state index contributed by atoms with van der Waals surface area (Å²) in [7, 11) is 0. The van der Waals surface area contributed by atoms with Crippen LogP contribution in [0.15, 0.2) is 24.3 Å². The molecule has 0 radical (unpaired) electrons. The van der Waals surface area contributed by atoms with E-state index < -0.39 is 5.97 Å². The Morgan fingerprint density at radius 1 is 1.38 bits per heavy atom. The normalized spacial score (nSPS) is 16.8. The van der Waals surface area contributed by atoms with E-state index in [2.05, 4.69) is 12.2 Å². The van der Waals surface area contributed by atoms with Crippen LogP contribution >= 0.6 is 0 Å². The van der Waals surface area contributed by atoms with Crippen LogP contribution in [-0.4, -0.2) is 17.6 Å². The van der Waals surface area contributed by atoms with E-state index in [1.165, 1.54) is 19.3 Å². The van der Waals surface area contributed by atoms with Crippen molar-refractivity contribution in [1.82, 2.24) is 0 Å². The molecule has 2 rings (SSSR count). The molecular formula is C13H17NO2. The molecule has 1 aromatic rings. The second-order valence-electron chi connectivity index (χ2n) is 4.59. The van der Waals surface area contributed by atoms with Crippen LogP contribution < -0.4 is 5.32 Å². The van der Waals surface area contributed by atoms with Gasteiger partial charge < -0.3 is 10.4 Å². The summed E-state index contributed by atoms with van der Waals surface area (Å²) in [6.07, 6.45) is 3.83. The number of aromatic carboxylic acids is 1. The Kier molecular flexibility index (Phi) is 2.86. The average molecular weight is 219 g/mol. The van der Waals surface area contributed by atoms with Crippen molar-refractivity contribution in [3.8, 4) is 0 Å². The van der Waals surface area contributed by atoms with Crippen molar-refractivity contribution < 1.29 is 9.90 Å². The molecule has 2 N–H and O–H groups in total. The Balaban J connectivity index is 1.93. The van der Waals surface area contributed by atoms with Crippen molar-refractivity contribution in [2.24, 2.45) is 5.41 Å². The molecule has 1 aromatic carbocycles. The van der Waals surface area contributed by atoms with Gasteiger partial charge in [-0.25, -0.2) is 4.79 Å². The molecule has 0 heterocycles. The highest BCUT2D eigenvalue weighted by atomic mass is 16.4. The highest BCUT2D eigenvalue weighted by Crippen LogP contribution is 2.48. The number of hydrogen-bond donors (Lipinski definition) is 2. The van der Waals surface area contributed by atoms with Crippen LogP contribution in [0, 0.1) is 5.41 Å². The Morgan fingerprint density at radius 3 is 2.44 bits per heavy atom.